The first kappa shape index (κ1) is 34.8. The molecule has 2 heterocycles. The number of benzene rings is 2. The van der Waals surface area contributed by atoms with Crippen LogP contribution >= 0.6 is 15.9 Å². The number of hydrogen-bond acceptors (Lipinski definition) is 11. The maximum absolute atomic E-state index is 13.3. The second kappa shape index (κ2) is 16.5. The van der Waals surface area contributed by atoms with Gasteiger partial charge in [0.05, 0.1) is 30.1 Å². The van der Waals surface area contributed by atoms with Crippen LogP contribution in [-0.2, 0) is 24.3 Å². The Balaban J connectivity index is 1.38. The quantitative estimate of drug-likeness (QED) is 0.112. The van der Waals surface area contributed by atoms with Crippen molar-refractivity contribution in [2.24, 2.45) is 0 Å². The number of nitro groups is 1. The fourth-order valence-electron chi connectivity index (χ4n) is 4.56. The molecule has 2 aromatic carbocycles. The van der Waals surface area contributed by atoms with Crippen molar-refractivity contribution in [3.8, 4) is 5.75 Å². The molecule has 4 rings (SSSR count). The summed E-state index contributed by atoms with van der Waals surface area (Å²) in [5.74, 6) is 0.276. The fraction of sp³-hybridized carbons (Fsp3) is 0.333. The van der Waals surface area contributed by atoms with Crippen LogP contribution in [0, 0.1) is 10.1 Å². The molecule has 46 heavy (non-hydrogen) atoms. The molecule has 0 aliphatic carbocycles. The maximum Gasteiger partial charge on any atom is 0.287 e. The Kier molecular flexibility index (Phi) is 12.4. The number of rotatable bonds is 16. The number of hydrogen-bond donors (Lipinski definition) is 3. The van der Waals surface area contributed by atoms with E-state index in [1.807, 2.05) is 24.3 Å². The number of allylic oxidation sites excluding steroid dienone is 1. The van der Waals surface area contributed by atoms with E-state index in [9.17, 15) is 28.4 Å². The number of methoxy groups -OCH3 is 1. The van der Waals surface area contributed by atoms with E-state index < -0.39 is 27.1 Å². The van der Waals surface area contributed by atoms with Gasteiger partial charge in [0.1, 0.15) is 17.8 Å². The monoisotopic (exact) mass is 719 g/mol. The lowest BCUT2D eigenvalue weighted by Crippen LogP contribution is -2.38. The first-order valence-corrected chi connectivity index (χ1v) is 16.5. The number of carbonyl (C=O) groups is 1. The summed E-state index contributed by atoms with van der Waals surface area (Å²) in [7, 11) is -2.45. The van der Waals surface area contributed by atoms with Gasteiger partial charge < -0.3 is 30.0 Å². The molecule has 0 radical (unpaired) electrons. The normalized spacial score (nSPS) is 16.3. The smallest absolute Gasteiger partial charge is 0.287 e. The molecule has 0 spiro atoms. The highest BCUT2D eigenvalue weighted by Gasteiger charge is 2.30. The predicted octanol–water partition coefficient (Wildman–Crippen LogP) is 3.40. The number of ether oxygens (including phenoxy) is 3. The average Bonchev–Trinajstić information content (AvgIpc) is 3.06. The van der Waals surface area contributed by atoms with Gasteiger partial charge in [-0.15, -0.1) is 0 Å². The first-order valence-electron chi connectivity index (χ1n) is 14.2. The summed E-state index contributed by atoms with van der Waals surface area (Å²) in [6.45, 7) is -0.153. The minimum Gasteiger partial charge on any atom is -0.497 e. The highest BCUT2D eigenvalue weighted by molar-refractivity contribution is 9.10. The Morgan fingerprint density at radius 2 is 1.87 bits per heavy atom. The van der Waals surface area contributed by atoms with Crippen molar-refractivity contribution < 1.29 is 37.5 Å². The second-order valence-corrected chi connectivity index (χ2v) is 12.8. The van der Waals surface area contributed by atoms with E-state index in [-0.39, 0.29) is 55.1 Å². The van der Waals surface area contributed by atoms with Crippen molar-refractivity contribution in [2.45, 2.75) is 23.5 Å². The van der Waals surface area contributed by atoms with Crippen molar-refractivity contribution in [1.29, 1.82) is 0 Å². The third-order valence-electron chi connectivity index (χ3n) is 6.95. The van der Waals surface area contributed by atoms with Crippen LogP contribution in [-0.4, -0.2) is 86.4 Å². The Hall–Kier alpha value is -4.09. The summed E-state index contributed by atoms with van der Waals surface area (Å²) in [5.41, 5.74) is 0.803. The third-order valence-corrected chi connectivity index (χ3v) is 9.39. The van der Waals surface area contributed by atoms with Crippen LogP contribution in [0.2, 0.25) is 0 Å². The molecule has 1 aliphatic rings. The van der Waals surface area contributed by atoms with Gasteiger partial charge in [-0.1, -0.05) is 28.1 Å². The van der Waals surface area contributed by atoms with Gasteiger partial charge in [-0.2, -0.15) is 4.31 Å². The number of aliphatic hydroxyl groups excluding tert-OH is 1. The zero-order chi connectivity index (χ0) is 33.1. The highest BCUT2D eigenvalue weighted by atomic mass is 79.9. The Morgan fingerprint density at radius 3 is 2.50 bits per heavy atom. The molecule has 1 amide bonds. The predicted molar refractivity (Wildman–Crippen MR) is 172 cm³/mol. The zero-order valence-electron chi connectivity index (χ0n) is 24.9. The molecule has 246 valence electrons. The van der Waals surface area contributed by atoms with Crippen LogP contribution in [0.15, 0.2) is 88.1 Å². The number of sulfonamides is 1. The molecule has 0 unspecified atom stereocenters. The van der Waals surface area contributed by atoms with Crippen molar-refractivity contribution in [3.63, 3.8) is 0 Å². The number of amides is 1. The summed E-state index contributed by atoms with van der Waals surface area (Å²) in [5, 5.41) is 26.1. The lowest BCUT2D eigenvalue weighted by atomic mass is 9.93. The summed E-state index contributed by atoms with van der Waals surface area (Å²) < 4.78 is 45.5. The second-order valence-electron chi connectivity index (χ2n) is 9.99. The SMILES string of the molecule is COc1ccc(S(=O)(=O)N(CCO)CCO[C@H]2C[C@@H](c3ccc(Br)cc3)C=C(C(=O)NCCNc3ccc([N+](=O)[O-])cn3)O2)cc1. The van der Waals surface area contributed by atoms with Gasteiger partial charge in [0.15, 0.2) is 5.76 Å². The molecule has 1 aromatic heterocycles. The number of pyridine rings is 1. The molecule has 14 nitrogen and oxygen atoms in total. The van der Waals surface area contributed by atoms with Crippen LogP contribution in [0.5, 0.6) is 5.75 Å². The van der Waals surface area contributed by atoms with Crippen LogP contribution in [0.25, 0.3) is 0 Å². The Labute approximate surface area is 274 Å². The zero-order valence-corrected chi connectivity index (χ0v) is 27.3. The van der Waals surface area contributed by atoms with E-state index >= 15 is 0 Å². The molecule has 0 saturated carbocycles. The van der Waals surface area contributed by atoms with Crippen LogP contribution in [0.3, 0.4) is 0 Å². The van der Waals surface area contributed by atoms with E-state index in [0.717, 1.165) is 20.5 Å². The van der Waals surface area contributed by atoms with Crippen molar-refractivity contribution in [3.05, 3.63) is 98.8 Å². The molecule has 16 heteroatoms. The van der Waals surface area contributed by atoms with E-state index in [0.29, 0.717) is 24.5 Å². The maximum atomic E-state index is 13.3. The average molecular weight is 721 g/mol. The number of anilines is 1. The van der Waals surface area contributed by atoms with Gasteiger partial charge in [-0.25, -0.2) is 13.4 Å². The largest absolute Gasteiger partial charge is 0.497 e. The van der Waals surface area contributed by atoms with E-state index in [1.165, 1.54) is 31.4 Å². The number of carbonyl (C=O) groups excluding carboxylic acids is 1. The summed E-state index contributed by atoms with van der Waals surface area (Å²) >= 11 is 3.43. The van der Waals surface area contributed by atoms with Crippen molar-refractivity contribution in [1.82, 2.24) is 14.6 Å². The highest BCUT2D eigenvalue weighted by Crippen LogP contribution is 2.32. The number of nitrogens with one attached hydrogen (secondary N) is 2. The number of nitrogens with zero attached hydrogens (tertiary/aromatic N) is 3. The standard InChI is InChI=1S/C30H34BrN5O9S/c1-43-25-7-9-26(10-8-25)46(41,42)35(14-16-37)15-17-44-29-19-22(21-2-4-23(31)5-3-21)18-27(45-29)30(38)33-13-12-32-28-11-6-24(20-34-28)36(39)40/h2-11,18,20,22,29,37H,12-17,19H2,1H3,(H,32,34)(H,33,38)/t22-,29+/m0/s1. The minimum absolute atomic E-state index is 0.0479. The van der Waals surface area contributed by atoms with Gasteiger partial charge in [0, 0.05) is 49.1 Å². The van der Waals surface area contributed by atoms with E-state index in [4.69, 9.17) is 14.2 Å². The van der Waals surface area contributed by atoms with Crippen LogP contribution < -0.4 is 15.4 Å². The molecule has 3 aromatic rings. The molecule has 0 fully saturated rings. The van der Waals surface area contributed by atoms with Crippen molar-refractivity contribution >= 4 is 43.4 Å². The van der Waals surface area contributed by atoms with Gasteiger partial charge >= 0.3 is 0 Å². The van der Waals surface area contributed by atoms with Crippen LogP contribution in [0.4, 0.5) is 11.5 Å². The lowest BCUT2D eigenvalue weighted by molar-refractivity contribution is -0.385. The molecule has 3 N–H and O–H groups in total. The topological polar surface area (TPSA) is 182 Å². The summed E-state index contributed by atoms with van der Waals surface area (Å²) in [4.78, 5) is 27.4. The van der Waals surface area contributed by atoms with Gasteiger partial charge in [0.25, 0.3) is 11.6 Å². The number of aliphatic hydroxyl groups is 1. The third kappa shape index (κ3) is 9.46. The molecule has 2 atom stereocenters. The van der Waals surface area contributed by atoms with Crippen molar-refractivity contribution in [2.75, 3.05) is 51.8 Å². The molecule has 0 saturated heterocycles. The molecular weight excluding hydrogens is 686 g/mol. The number of aromatic nitrogens is 1. The summed E-state index contributed by atoms with van der Waals surface area (Å²) in [6.07, 6.45) is 2.37. The number of halogens is 1. The van der Waals surface area contributed by atoms with Gasteiger partial charge in [-0.3, -0.25) is 14.9 Å². The van der Waals surface area contributed by atoms with Gasteiger partial charge in [-0.05, 0) is 54.1 Å². The molecule has 0 bridgehead atoms. The minimum atomic E-state index is -3.94. The summed E-state index contributed by atoms with van der Waals surface area (Å²) in [6, 6.07) is 16.4. The van der Waals surface area contributed by atoms with Gasteiger partial charge in [0.2, 0.25) is 16.3 Å². The van der Waals surface area contributed by atoms with Crippen LogP contribution in [0.1, 0.15) is 17.9 Å². The van der Waals surface area contributed by atoms with E-state index in [1.54, 1.807) is 18.2 Å². The van der Waals surface area contributed by atoms with E-state index in [2.05, 4.69) is 31.5 Å². The Morgan fingerprint density at radius 1 is 1.13 bits per heavy atom. The lowest BCUT2D eigenvalue weighted by Gasteiger charge is -2.30. The fourth-order valence-corrected chi connectivity index (χ4v) is 6.24. The Bertz CT molecular complexity index is 1610. The molecule has 1 aliphatic heterocycles. The first-order chi connectivity index (χ1) is 22.1. The molecular formula is C30H34BrN5O9S.